The Morgan fingerprint density at radius 3 is 2.63 bits per heavy atom. The molecule has 1 aliphatic rings. The molecule has 0 aliphatic carbocycles. The lowest BCUT2D eigenvalue weighted by Crippen LogP contribution is -2.53. The molecular weight excluding hydrogens is 362 g/mol. The normalized spacial score (nSPS) is 15.9. The third-order valence-electron chi connectivity index (χ3n) is 5.05. The van der Waals surface area contributed by atoms with Crippen LogP contribution in [0.25, 0.3) is 11.0 Å². The Morgan fingerprint density at radius 2 is 1.89 bits per heavy atom. The summed E-state index contributed by atoms with van der Waals surface area (Å²) >= 11 is 5.91. The Hall–Kier alpha value is -2.57. The van der Waals surface area contributed by atoms with Crippen LogP contribution in [0, 0.1) is 0 Å². The highest BCUT2D eigenvalue weighted by Crippen LogP contribution is 2.25. The molecule has 27 heavy (non-hydrogen) atoms. The summed E-state index contributed by atoms with van der Waals surface area (Å²) in [5.74, 6) is 0.00403. The number of fused-ring (bicyclic) bond motifs is 1. The second-order valence-corrected chi connectivity index (χ2v) is 7.25. The maximum absolute atomic E-state index is 12.7. The number of amides is 1. The second-order valence-electron chi connectivity index (χ2n) is 6.82. The molecular formula is C20H22ClN5O. The summed E-state index contributed by atoms with van der Waals surface area (Å²) in [5.41, 5.74) is 10.3. The van der Waals surface area contributed by atoms with E-state index >= 15 is 0 Å². The molecule has 3 aromatic rings. The molecule has 3 N–H and O–H groups in total. The van der Waals surface area contributed by atoms with Gasteiger partial charge in [0.05, 0.1) is 22.8 Å². The van der Waals surface area contributed by atoms with E-state index in [0.717, 1.165) is 35.4 Å². The number of carbonyl (C=O) groups is 1. The Balaban J connectivity index is 1.37. The number of carbonyl (C=O) groups excluding carboxylic acids is 1. The van der Waals surface area contributed by atoms with E-state index in [1.807, 2.05) is 53.7 Å². The summed E-state index contributed by atoms with van der Waals surface area (Å²) in [7, 11) is 0. The summed E-state index contributed by atoms with van der Waals surface area (Å²) in [5, 5.41) is 0.682. The number of anilines is 1. The zero-order chi connectivity index (χ0) is 18.8. The summed E-state index contributed by atoms with van der Waals surface area (Å²) in [6.45, 7) is 2.88. The van der Waals surface area contributed by atoms with E-state index in [1.54, 1.807) is 0 Å². The molecule has 7 heteroatoms. The van der Waals surface area contributed by atoms with Crippen LogP contribution in [0.1, 0.15) is 5.56 Å². The number of hydrogen-bond acceptors (Lipinski definition) is 4. The standard InChI is InChI=1S/C20H22ClN5O/c21-15-3-1-14(2-4-15)13-16(22)20(27)26-11-9-25(10-12-26)18-6-8-23-17-5-7-24-19(17)18/h1-8,16,24H,9-13,22H2. The van der Waals surface area contributed by atoms with Crippen LogP contribution in [-0.4, -0.2) is 53.0 Å². The fraction of sp³-hybridized carbons (Fsp3) is 0.300. The van der Waals surface area contributed by atoms with Gasteiger partial charge in [-0.2, -0.15) is 0 Å². The quantitative estimate of drug-likeness (QED) is 0.725. The molecule has 1 fully saturated rings. The van der Waals surface area contributed by atoms with E-state index in [1.165, 1.54) is 0 Å². The number of pyridine rings is 1. The topological polar surface area (TPSA) is 78.2 Å². The van der Waals surface area contributed by atoms with E-state index < -0.39 is 6.04 Å². The molecule has 1 unspecified atom stereocenters. The highest BCUT2D eigenvalue weighted by atomic mass is 35.5. The van der Waals surface area contributed by atoms with Crippen molar-refractivity contribution in [3.05, 3.63) is 59.4 Å². The van der Waals surface area contributed by atoms with Crippen molar-refractivity contribution in [3.63, 3.8) is 0 Å². The minimum absolute atomic E-state index is 0.00403. The molecule has 6 nitrogen and oxygen atoms in total. The smallest absolute Gasteiger partial charge is 0.239 e. The number of nitrogens with one attached hydrogen (secondary N) is 1. The molecule has 2 aromatic heterocycles. The van der Waals surface area contributed by atoms with Crippen molar-refractivity contribution in [2.45, 2.75) is 12.5 Å². The molecule has 4 rings (SSSR count). The minimum Gasteiger partial charge on any atom is -0.366 e. The third-order valence-corrected chi connectivity index (χ3v) is 5.30. The number of nitrogens with zero attached hydrogens (tertiary/aromatic N) is 3. The second kappa shape index (κ2) is 7.58. The average Bonchev–Trinajstić information content (AvgIpc) is 3.18. The van der Waals surface area contributed by atoms with Crippen LogP contribution < -0.4 is 10.6 Å². The van der Waals surface area contributed by atoms with Gasteiger partial charge in [0.2, 0.25) is 5.91 Å². The maximum Gasteiger partial charge on any atom is 0.239 e. The van der Waals surface area contributed by atoms with Gasteiger partial charge in [-0.05, 0) is 36.2 Å². The van der Waals surface area contributed by atoms with Gasteiger partial charge in [-0.3, -0.25) is 9.78 Å². The molecule has 3 heterocycles. The first-order valence-corrected chi connectivity index (χ1v) is 9.45. The molecule has 0 bridgehead atoms. The minimum atomic E-state index is -0.534. The van der Waals surface area contributed by atoms with Crippen LogP contribution in [-0.2, 0) is 11.2 Å². The zero-order valence-electron chi connectivity index (χ0n) is 14.9. The highest BCUT2D eigenvalue weighted by molar-refractivity contribution is 6.30. The van der Waals surface area contributed by atoms with Crippen molar-refractivity contribution < 1.29 is 4.79 Å². The number of H-pyrrole nitrogens is 1. The van der Waals surface area contributed by atoms with Crippen LogP contribution in [0.15, 0.2) is 48.8 Å². The molecule has 1 atom stereocenters. The van der Waals surface area contributed by atoms with Gasteiger partial charge in [0.1, 0.15) is 0 Å². The summed E-state index contributed by atoms with van der Waals surface area (Å²) in [6, 6.07) is 10.9. The lowest BCUT2D eigenvalue weighted by molar-refractivity contribution is -0.132. The lowest BCUT2D eigenvalue weighted by Gasteiger charge is -2.37. The number of benzene rings is 1. The van der Waals surface area contributed by atoms with Crippen LogP contribution >= 0.6 is 11.6 Å². The van der Waals surface area contributed by atoms with E-state index in [-0.39, 0.29) is 5.91 Å². The number of nitrogens with two attached hydrogens (primary N) is 1. The van der Waals surface area contributed by atoms with Crippen LogP contribution in [0.5, 0.6) is 0 Å². The summed E-state index contributed by atoms with van der Waals surface area (Å²) < 4.78 is 0. The number of halogens is 1. The average molecular weight is 384 g/mol. The van der Waals surface area contributed by atoms with Gasteiger partial charge < -0.3 is 20.5 Å². The SMILES string of the molecule is NC(Cc1ccc(Cl)cc1)C(=O)N1CCN(c2ccnc3cc[nH]c23)CC1. The molecule has 1 aliphatic heterocycles. The maximum atomic E-state index is 12.7. The molecule has 0 saturated carbocycles. The first kappa shape index (κ1) is 17.8. The van der Waals surface area contributed by atoms with Crippen molar-refractivity contribution >= 4 is 34.2 Å². The highest BCUT2D eigenvalue weighted by Gasteiger charge is 2.26. The van der Waals surface area contributed by atoms with Crippen molar-refractivity contribution in [1.29, 1.82) is 0 Å². The molecule has 1 aromatic carbocycles. The number of piperazine rings is 1. The van der Waals surface area contributed by atoms with Gasteiger partial charge in [-0.25, -0.2) is 0 Å². The fourth-order valence-electron chi connectivity index (χ4n) is 3.57. The lowest BCUT2D eigenvalue weighted by atomic mass is 10.1. The predicted octanol–water partition coefficient (Wildman–Crippen LogP) is 2.43. The predicted molar refractivity (Wildman–Crippen MR) is 108 cm³/mol. The summed E-state index contributed by atoms with van der Waals surface area (Å²) in [6.07, 6.45) is 4.24. The molecule has 0 spiro atoms. The van der Waals surface area contributed by atoms with Gasteiger partial charge in [-0.15, -0.1) is 0 Å². The van der Waals surface area contributed by atoms with Gasteiger partial charge in [0.25, 0.3) is 0 Å². The Morgan fingerprint density at radius 1 is 1.15 bits per heavy atom. The van der Waals surface area contributed by atoms with Gasteiger partial charge in [0.15, 0.2) is 0 Å². The van der Waals surface area contributed by atoms with E-state index in [0.29, 0.717) is 24.5 Å². The largest absolute Gasteiger partial charge is 0.366 e. The monoisotopic (exact) mass is 383 g/mol. The molecule has 1 saturated heterocycles. The first-order valence-electron chi connectivity index (χ1n) is 9.07. The Bertz CT molecular complexity index is 931. The first-order chi connectivity index (χ1) is 13.1. The van der Waals surface area contributed by atoms with Crippen molar-refractivity contribution in [3.8, 4) is 0 Å². The number of aromatic amines is 1. The molecule has 1 amide bonds. The third kappa shape index (κ3) is 3.77. The van der Waals surface area contributed by atoms with E-state index in [2.05, 4.69) is 14.9 Å². The Labute approximate surface area is 162 Å². The van der Waals surface area contributed by atoms with E-state index in [4.69, 9.17) is 17.3 Å². The van der Waals surface area contributed by atoms with Crippen LogP contribution in [0.3, 0.4) is 0 Å². The van der Waals surface area contributed by atoms with Crippen molar-refractivity contribution in [1.82, 2.24) is 14.9 Å². The zero-order valence-corrected chi connectivity index (χ0v) is 15.7. The summed E-state index contributed by atoms with van der Waals surface area (Å²) in [4.78, 5) is 24.5. The van der Waals surface area contributed by atoms with Gasteiger partial charge in [-0.1, -0.05) is 23.7 Å². The molecule has 140 valence electrons. The Kier molecular flexibility index (Phi) is 5.01. The molecule has 0 radical (unpaired) electrons. The number of hydrogen-bond donors (Lipinski definition) is 2. The van der Waals surface area contributed by atoms with Crippen molar-refractivity contribution in [2.24, 2.45) is 5.73 Å². The van der Waals surface area contributed by atoms with Gasteiger partial charge >= 0.3 is 0 Å². The van der Waals surface area contributed by atoms with Crippen LogP contribution in [0.4, 0.5) is 5.69 Å². The fourth-order valence-corrected chi connectivity index (χ4v) is 3.70. The van der Waals surface area contributed by atoms with E-state index in [9.17, 15) is 4.79 Å². The van der Waals surface area contributed by atoms with Gasteiger partial charge in [0, 0.05) is 43.6 Å². The van der Waals surface area contributed by atoms with Crippen molar-refractivity contribution in [2.75, 3.05) is 31.1 Å². The number of rotatable bonds is 4. The number of aromatic nitrogens is 2. The van der Waals surface area contributed by atoms with Crippen LogP contribution in [0.2, 0.25) is 5.02 Å².